The Labute approximate surface area is 178 Å². The molecule has 0 aliphatic carbocycles. The number of aliphatic hydroxyl groups is 2. The molecule has 0 saturated heterocycles. The van der Waals surface area contributed by atoms with Crippen LogP contribution >= 0.6 is 0 Å². The highest BCUT2D eigenvalue weighted by molar-refractivity contribution is 5.66. The first-order chi connectivity index (χ1) is 13.8. The standard InChI is InChI=1S/2C9H18O2.C5H12O2/c2*1-2-3-4-5-6-7-8-9(10)11;1-5(4-7)2-3-6/h2*2-8H2,1H3,(H,10,11);5-7H,2-4H2,1H3. The number of aliphatic hydroxyl groups excluding tert-OH is 2. The first kappa shape index (κ1) is 32.5. The number of carbonyl (C=O) groups is 2. The minimum atomic E-state index is -0.666. The van der Waals surface area contributed by atoms with Crippen molar-refractivity contribution in [3.8, 4) is 0 Å². The van der Waals surface area contributed by atoms with Crippen LogP contribution in [-0.2, 0) is 9.59 Å². The lowest BCUT2D eigenvalue weighted by Crippen LogP contribution is -2.01. The van der Waals surface area contributed by atoms with E-state index >= 15 is 0 Å². The average Bonchev–Trinajstić information content (AvgIpc) is 2.68. The summed E-state index contributed by atoms with van der Waals surface area (Å²) in [4.78, 5) is 20.2. The molecule has 0 radical (unpaired) electrons. The minimum absolute atomic E-state index is 0.181. The largest absolute Gasteiger partial charge is 0.481 e. The topological polar surface area (TPSA) is 115 Å². The van der Waals surface area contributed by atoms with Crippen molar-refractivity contribution in [2.75, 3.05) is 13.2 Å². The Morgan fingerprint density at radius 1 is 0.655 bits per heavy atom. The number of unbranched alkanes of at least 4 members (excludes halogenated alkanes) is 10. The first-order valence-corrected chi connectivity index (χ1v) is 11.5. The fourth-order valence-corrected chi connectivity index (χ4v) is 2.42. The summed E-state index contributed by atoms with van der Waals surface area (Å²) in [6.45, 7) is 6.62. The molecule has 4 N–H and O–H groups in total. The highest BCUT2D eigenvalue weighted by Gasteiger charge is 1.96. The van der Waals surface area contributed by atoms with E-state index in [4.69, 9.17) is 20.4 Å². The molecule has 0 aliphatic heterocycles. The normalized spacial score (nSPS) is 10.9. The van der Waals surface area contributed by atoms with Crippen LogP contribution in [0.4, 0.5) is 0 Å². The summed E-state index contributed by atoms with van der Waals surface area (Å²) in [7, 11) is 0. The molecule has 6 heteroatoms. The predicted molar refractivity (Wildman–Crippen MR) is 119 cm³/mol. The van der Waals surface area contributed by atoms with Gasteiger partial charge in [-0.2, -0.15) is 0 Å². The van der Waals surface area contributed by atoms with E-state index < -0.39 is 11.9 Å². The molecule has 176 valence electrons. The fraction of sp³-hybridized carbons (Fsp3) is 0.913. The van der Waals surface area contributed by atoms with Gasteiger partial charge in [0.15, 0.2) is 0 Å². The molecular formula is C23H48O6. The van der Waals surface area contributed by atoms with Crippen LogP contribution in [-0.4, -0.2) is 45.6 Å². The predicted octanol–water partition coefficient (Wildman–Crippen LogP) is 5.64. The average molecular weight is 421 g/mol. The van der Waals surface area contributed by atoms with Crippen LogP contribution in [0.15, 0.2) is 0 Å². The molecule has 1 atom stereocenters. The zero-order valence-corrected chi connectivity index (χ0v) is 19.2. The van der Waals surface area contributed by atoms with Crippen LogP contribution < -0.4 is 0 Å². The molecule has 0 aromatic rings. The number of carboxylic acids is 2. The van der Waals surface area contributed by atoms with E-state index in [1.807, 2.05) is 6.92 Å². The van der Waals surface area contributed by atoms with Crippen LogP contribution in [0.5, 0.6) is 0 Å². The summed E-state index contributed by atoms with van der Waals surface area (Å²) in [5.74, 6) is -1.08. The Morgan fingerprint density at radius 2 is 1.00 bits per heavy atom. The second-order valence-corrected chi connectivity index (χ2v) is 7.62. The third-order valence-corrected chi connectivity index (χ3v) is 4.42. The summed E-state index contributed by atoms with van der Waals surface area (Å²) in [6.07, 6.45) is 15.2. The second kappa shape index (κ2) is 29.1. The van der Waals surface area contributed by atoms with Gasteiger partial charge < -0.3 is 20.4 Å². The molecular weight excluding hydrogens is 372 g/mol. The van der Waals surface area contributed by atoms with Gasteiger partial charge in [-0.3, -0.25) is 9.59 Å². The van der Waals surface area contributed by atoms with Gasteiger partial charge in [0.1, 0.15) is 0 Å². The third kappa shape index (κ3) is 42.1. The van der Waals surface area contributed by atoms with E-state index in [9.17, 15) is 9.59 Å². The highest BCUT2D eigenvalue weighted by Crippen LogP contribution is 2.07. The van der Waals surface area contributed by atoms with Gasteiger partial charge in [-0.05, 0) is 25.2 Å². The number of carboxylic acid groups (broad SMARTS) is 2. The zero-order valence-electron chi connectivity index (χ0n) is 19.2. The number of rotatable bonds is 17. The maximum absolute atomic E-state index is 10.1. The van der Waals surface area contributed by atoms with Crippen molar-refractivity contribution in [3.63, 3.8) is 0 Å². The van der Waals surface area contributed by atoms with Crippen LogP contribution in [0, 0.1) is 5.92 Å². The molecule has 6 nitrogen and oxygen atoms in total. The molecule has 0 rings (SSSR count). The van der Waals surface area contributed by atoms with Crippen molar-refractivity contribution >= 4 is 11.9 Å². The summed E-state index contributed by atoms with van der Waals surface area (Å²) < 4.78 is 0. The number of aliphatic carboxylic acids is 2. The van der Waals surface area contributed by atoms with E-state index in [1.54, 1.807) is 0 Å². The van der Waals surface area contributed by atoms with Crippen molar-refractivity contribution in [2.24, 2.45) is 5.92 Å². The van der Waals surface area contributed by atoms with E-state index in [-0.39, 0.29) is 19.1 Å². The second-order valence-electron chi connectivity index (χ2n) is 7.62. The monoisotopic (exact) mass is 420 g/mol. The maximum Gasteiger partial charge on any atom is 0.303 e. The lowest BCUT2D eigenvalue weighted by atomic mass is 10.1. The SMILES string of the molecule is CC(CO)CCO.CCCCCCCCC(=O)O.CCCCCCCCC(=O)O. The fourth-order valence-electron chi connectivity index (χ4n) is 2.42. The number of hydrogen-bond acceptors (Lipinski definition) is 4. The molecule has 0 bridgehead atoms. The van der Waals surface area contributed by atoms with Crippen LogP contribution in [0.3, 0.4) is 0 Å². The van der Waals surface area contributed by atoms with Crippen molar-refractivity contribution in [1.82, 2.24) is 0 Å². The van der Waals surface area contributed by atoms with E-state index in [0.717, 1.165) is 25.7 Å². The number of hydrogen-bond donors (Lipinski definition) is 4. The minimum Gasteiger partial charge on any atom is -0.481 e. The lowest BCUT2D eigenvalue weighted by molar-refractivity contribution is -0.138. The van der Waals surface area contributed by atoms with E-state index in [1.165, 1.54) is 51.4 Å². The Morgan fingerprint density at radius 3 is 1.24 bits per heavy atom. The van der Waals surface area contributed by atoms with Gasteiger partial charge in [-0.25, -0.2) is 0 Å². The van der Waals surface area contributed by atoms with Crippen molar-refractivity contribution in [2.45, 2.75) is 117 Å². The van der Waals surface area contributed by atoms with Crippen LogP contribution in [0.2, 0.25) is 0 Å². The maximum atomic E-state index is 10.1. The molecule has 0 aromatic heterocycles. The summed E-state index contributed by atoms with van der Waals surface area (Å²) in [6, 6.07) is 0. The van der Waals surface area contributed by atoms with E-state index in [2.05, 4.69) is 13.8 Å². The van der Waals surface area contributed by atoms with E-state index in [0.29, 0.717) is 19.3 Å². The van der Waals surface area contributed by atoms with Gasteiger partial charge in [-0.15, -0.1) is 0 Å². The van der Waals surface area contributed by atoms with Gasteiger partial charge in [0.2, 0.25) is 0 Å². The molecule has 0 aliphatic rings. The quantitative estimate of drug-likeness (QED) is 0.226. The zero-order chi connectivity index (χ0) is 22.8. The Bertz CT molecular complexity index is 307. The molecule has 0 spiro atoms. The van der Waals surface area contributed by atoms with Gasteiger partial charge in [0.25, 0.3) is 0 Å². The summed E-state index contributed by atoms with van der Waals surface area (Å²) >= 11 is 0. The molecule has 0 heterocycles. The van der Waals surface area contributed by atoms with Gasteiger partial charge in [0.05, 0.1) is 0 Å². The molecule has 1 unspecified atom stereocenters. The molecule has 0 aromatic carbocycles. The van der Waals surface area contributed by atoms with Crippen LogP contribution in [0.1, 0.15) is 117 Å². The van der Waals surface area contributed by atoms with Crippen molar-refractivity contribution in [1.29, 1.82) is 0 Å². The first-order valence-electron chi connectivity index (χ1n) is 11.5. The lowest BCUT2D eigenvalue weighted by Gasteiger charge is -2.01. The van der Waals surface area contributed by atoms with Gasteiger partial charge in [-0.1, -0.05) is 85.0 Å². The molecule has 0 saturated carbocycles. The summed E-state index contributed by atoms with van der Waals surface area (Å²) in [5, 5.41) is 33.2. The molecule has 0 amide bonds. The Kier molecular flexibility index (Phi) is 32.6. The van der Waals surface area contributed by atoms with Crippen molar-refractivity contribution < 1.29 is 30.0 Å². The third-order valence-electron chi connectivity index (χ3n) is 4.42. The smallest absolute Gasteiger partial charge is 0.303 e. The Hall–Kier alpha value is -1.14. The van der Waals surface area contributed by atoms with Gasteiger partial charge in [0, 0.05) is 26.1 Å². The molecule has 0 fully saturated rings. The van der Waals surface area contributed by atoms with Gasteiger partial charge >= 0.3 is 11.9 Å². The van der Waals surface area contributed by atoms with Crippen LogP contribution in [0.25, 0.3) is 0 Å². The summed E-state index contributed by atoms with van der Waals surface area (Å²) in [5.41, 5.74) is 0. The van der Waals surface area contributed by atoms with Crippen molar-refractivity contribution in [3.05, 3.63) is 0 Å². The Balaban J connectivity index is -0.000000360. The highest BCUT2D eigenvalue weighted by atomic mass is 16.4. The molecule has 29 heavy (non-hydrogen) atoms.